The zero-order chi connectivity index (χ0) is 27.3. The van der Waals surface area contributed by atoms with E-state index >= 15 is 0 Å². The number of hydrogen-bond donors (Lipinski definition) is 3. The Bertz CT molecular complexity index is 1360. The van der Waals surface area contributed by atoms with Crippen LogP contribution in [0.4, 0.5) is 19.7 Å². The number of hydrogen-bond acceptors (Lipinski definition) is 10. The number of sulfonamides is 1. The maximum atomic E-state index is 14.0. The fraction of sp³-hybridized carbons (Fsp3) is 0.417. The number of carbonyl (C=O) groups excluding carboxylic acids is 1. The predicted molar refractivity (Wildman–Crippen MR) is 141 cm³/mol. The van der Waals surface area contributed by atoms with Crippen LogP contribution >= 0.6 is 11.3 Å². The molecule has 0 spiro atoms. The number of piperidine rings is 1. The lowest BCUT2D eigenvalue weighted by molar-refractivity contribution is 0.103. The highest BCUT2D eigenvalue weighted by Gasteiger charge is 2.29. The van der Waals surface area contributed by atoms with Gasteiger partial charge < -0.3 is 16.4 Å². The Labute approximate surface area is 223 Å². The van der Waals surface area contributed by atoms with Gasteiger partial charge in [-0.15, -0.1) is 0 Å². The molecule has 204 valence electrons. The molecule has 38 heavy (non-hydrogen) atoms. The molecule has 0 amide bonds. The van der Waals surface area contributed by atoms with Crippen molar-refractivity contribution in [1.29, 1.82) is 0 Å². The lowest BCUT2D eigenvalue weighted by Crippen LogP contribution is -2.43. The maximum Gasteiger partial charge on any atom is 0.214 e. The molecule has 14 heteroatoms. The van der Waals surface area contributed by atoms with Gasteiger partial charge in [0.25, 0.3) is 0 Å². The highest BCUT2D eigenvalue weighted by molar-refractivity contribution is 7.89. The van der Waals surface area contributed by atoms with Crippen molar-refractivity contribution in [2.24, 2.45) is 0 Å². The number of carbonyl (C=O) groups is 1. The molecule has 0 atom stereocenters. The first-order chi connectivity index (χ1) is 18.1. The summed E-state index contributed by atoms with van der Waals surface area (Å²) in [6.07, 6.45) is 4.92. The standard InChI is InChI=1S/C24H29F2N7O3S2/c1-15-12-30-17(14-29-15)13-28-8-3-11-38(35,36)33-9-6-16(7-10-33)31-24-32-23(27)22(37-24)21(34)20-18(25)4-2-5-19(20)26/h2,4-5,12,14,16,28H,3,6-11,13,27H2,1H3,(H,31,32). The van der Waals surface area contributed by atoms with Crippen LogP contribution in [0, 0.1) is 18.6 Å². The first kappa shape index (κ1) is 28.0. The summed E-state index contributed by atoms with van der Waals surface area (Å²) < 4.78 is 55.1. The molecule has 1 aliphatic rings. The molecule has 1 saturated heterocycles. The van der Waals surface area contributed by atoms with Crippen LogP contribution in [0.2, 0.25) is 0 Å². The number of nitrogen functional groups attached to an aromatic ring is 1. The summed E-state index contributed by atoms with van der Waals surface area (Å²) in [5.74, 6) is -2.89. The predicted octanol–water partition coefficient (Wildman–Crippen LogP) is 2.72. The van der Waals surface area contributed by atoms with Gasteiger partial charge in [0.05, 0.1) is 22.7 Å². The van der Waals surface area contributed by atoms with Crippen LogP contribution in [0.15, 0.2) is 30.6 Å². The summed E-state index contributed by atoms with van der Waals surface area (Å²) in [6, 6.07) is 3.10. The Morgan fingerprint density at radius 2 is 1.89 bits per heavy atom. The number of halogens is 2. The maximum absolute atomic E-state index is 14.0. The zero-order valence-electron chi connectivity index (χ0n) is 20.8. The molecule has 0 saturated carbocycles. The molecule has 1 fully saturated rings. The third-order valence-corrected chi connectivity index (χ3v) is 9.08. The Morgan fingerprint density at radius 1 is 1.18 bits per heavy atom. The van der Waals surface area contributed by atoms with Gasteiger partial charge in [-0.3, -0.25) is 14.8 Å². The average Bonchev–Trinajstić information content (AvgIpc) is 3.24. The van der Waals surface area contributed by atoms with E-state index in [2.05, 4.69) is 25.6 Å². The fourth-order valence-electron chi connectivity index (χ4n) is 4.07. The molecule has 0 radical (unpaired) electrons. The number of ketones is 1. The Kier molecular flexibility index (Phi) is 8.97. The molecular formula is C24H29F2N7O3S2. The molecule has 0 bridgehead atoms. The van der Waals surface area contributed by atoms with Gasteiger partial charge >= 0.3 is 0 Å². The second kappa shape index (κ2) is 12.2. The number of aryl methyl sites for hydroxylation is 1. The summed E-state index contributed by atoms with van der Waals surface area (Å²) >= 11 is 0.917. The molecular weight excluding hydrogens is 536 g/mol. The van der Waals surface area contributed by atoms with Gasteiger partial charge in [-0.2, -0.15) is 0 Å². The van der Waals surface area contributed by atoms with Crippen molar-refractivity contribution in [3.05, 3.63) is 64.1 Å². The number of nitrogens with zero attached hydrogens (tertiary/aromatic N) is 4. The number of aromatic nitrogens is 3. The second-order valence-corrected chi connectivity index (χ2v) is 12.1. The van der Waals surface area contributed by atoms with E-state index in [-0.39, 0.29) is 22.5 Å². The minimum absolute atomic E-state index is 0.0404. The highest BCUT2D eigenvalue weighted by atomic mass is 32.2. The molecule has 4 rings (SSSR count). The molecule has 0 aliphatic carbocycles. The lowest BCUT2D eigenvalue weighted by Gasteiger charge is -2.31. The fourth-order valence-corrected chi connectivity index (χ4v) is 6.52. The van der Waals surface area contributed by atoms with Gasteiger partial charge in [-0.1, -0.05) is 17.4 Å². The molecule has 4 N–H and O–H groups in total. The summed E-state index contributed by atoms with van der Waals surface area (Å²) in [5.41, 5.74) is 6.83. The van der Waals surface area contributed by atoms with Crippen LogP contribution in [-0.2, 0) is 16.6 Å². The van der Waals surface area contributed by atoms with Crippen LogP contribution in [0.1, 0.15) is 45.9 Å². The Balaban J connectivity index is 1.24. The van der Waals surface area contributed by atoms with Gasteiger partial charge in [-0.25, -0.2) is 26.5 Å². The zero-order valence-corrected chi connectivity index (χ0v) is 22.4. The van der Waals surface area contributed by atoms with Crippen LogP contribution in [0.25, 0.3) is 0 Å². The summed E-state index contributed by atoms with van der Waals surface area (Å²) in [6.45, 7) is 3.61. The van der Waals surface area contributed by atoms with Crippen molar-refractivity contribution in [1.82, 2.24) is 24.6 Å². The van der Waals surface area contributed by atoms with Crippen LogP contribution < -0.4 is 16.4 Å². The minimum atomic E-state index is -3.39. The van der Waals surface area contributed by atoms with Gasteiger partial charge in [0.2, 0.25) is 15.8 Å². The molecule has 3 aromatic rings. The van der Waals surface area contributed by atoms with Crippen molar-refractivity contribution in [3.63, 3.8) is 0 Å². The van der Waals surface area contributed by atoms with E-state index in [0.29, 0.717) is 50.6 Å². The van der Waals surface area contributed by atoms with Crippen LogP contribution in [0.3, 0.4) is 0 Å². The third kappa shape index (κ3) is 6.87. The van der Waals surface area contributed by atoms with Gasteiger partial charge in [0.15, 0.2) is 5.13 Å². The molecule has 1 aliphatic heterocycles. The van der Waals surface area contributed by atoms with Crippen LogP contribution in [-0.4, -0.2) is 64.9 Å². The average molecular weight is 566 g/mol. The van der Waals surface area contributed by atoms with Gasteiger partial charge in [0, 0.05) is 38.1 Å². The quantitative estimate of drug-likeness (QED) is 0.236. The summed E-state index contributed by atoms with van der Waals surface area (Å²) in [7, 11) is -3.39. The van der Waals surface area contributed by atoms with E-state index in [1.54, 1.807) is 12.4 Å². The number of thiazole rings is 1. The minimum Gasteiger partial charge on any atom is -0.382 e. The van der Waals surface area contributed by atoms with Crippen LogP contribution in [0.5, 0.6) is 0 Å². The number of nitrogens with one attached hydrogen (secondary N) is 2. The lowest BCUT2D eigenvalue weighted by atomic mass is 10.1. The molecule has 3 heterocycles. The molecule has 0 unspecified atom stereocenters. The molecule has 1 aromatic carbocycles. The smallest absolute Gasteiger partial charge is 0.214 e. The SMILES string of the molecule is Cc1cnc(CNCCCS(=O)(=O)N2CCC(Nc3nc(N)c(C(=O)c4c(F)cccc4F)s3)CC2)cn1. The summed E-state index contributed by atoms with van der Waals surface area (Å²) in [4.78, 5) is 25.2. The molecule has 2 aromatic heterocycles. The van der Waals surface area contributed by atoms with Gasteiger partial charge in [-0.05, 0) is 44.9 Å². The van der Waals surface area contributed by atoms with E-state index in [1.807, 2.05) is 6.92 Å². The van der Waals surface area contributed by atoms with Crippen molar-refractivity contribution in [3.8, 4) is 0 Å². The van der Waals surface area contributed by atoms with E-state index in [1.165, 1.54) is 10.4 Å². The topological polar surface area (TPSA) is 143 Å². The van der Waals surface area contributed by atoms with E-state index in [4.69, 9.17) is 5.73 Å². The largest absolute Gasteiger partial charge is 0.382 e. The Hall–Kier alpha value is -3.07. The monoisotopic (exact) mass is 565 g/mol. The van der Waals surface area contributed by atoms with Gasteiger partial charge in [0.1, 0.15) is 22.3 Å². The number of rotatable bonds is 11. The van der Waals surface area contributed by atoms with E-state index in [9.17, 15) is 22.0 Å². The second-order valence-electron chi connectivity index (χ2n) is 8.97. The first-order valence-corrected chi connectivity index (χ1v) is 14.5. The van der Waals surface area contributed by atoms with Crippen molar-refractivity contribution in [2.75, 3.05) is 36.4 Å². The van der Waals surface area contributed by atoms with Crippen molar-refractivity contribution < 1.29 is 22.0 Å². The number of benzene rings is 1. The molecule has 10 nitrogen and oxygen atoms in total. The van der Waals surface area contributed by atoms with Crippen molar-refractivity contribution >= 4 is 38.1 Å². The number of anilines is 2. The number of nitrogens with two attached hydrogens (primary N) is 1. The summed E-state index contributed by atoms with van der Waals surface area (Å²) in [5, 5.41) is 6.70. The highest BCUT2D eigenvalue weighted by Crippen LogP contribution is 2.30. The van der Waals surface area contributed by atoms with E-state index in [0.717, 1.165) is 34.9 Å². The van der Waals surface area contributed by atoms with Crippen molar-refractivity contribution in [2.45, 2.75) is 38.8 Å². The Morgan fingerprint density at radius 3 is 2.55 bits per heavy atom. The first-order valence-electron chi connectivity index (χ1n) is 12.1. The normalized spacial score (nSPS) is 15.0. The van der Waals surface area contributed by atoms with E-state index < -0.39 is 33.0 Å². The third-order valence-electron chi connectivity index (χ3n) is 6.12.